The molecule has 1 unspecified atom stereocenters. The Morgan fingerprint density at radius 2 is 1.94 bits per heavy atom. The minimum atomic E-state index is -0.417. The molecule has 0 amide bonds. The highest BCUT2D eigenvalue weighted by Gasteiger charge is 2.14. The smallest absolute Gasteiger partial charge is 0.0781 e. The molecule has 16 heavy (non-hydrogen) atoms. The number of hydrogen-bond donors (Lipinski definition) is 1. The van der Waals surface area contributed by atoms with Crippen molar-refractivity contribution < 1.29 is 5.11 Å². The van der Waals surface area contributed by atoms with Crippen LogP contribution >= 0.6 is 11.8 Å². The van der Waals surface area contributed by atoms with Crippen molar-refractivity contribution >= 4 is 17.4 Å². The van der Waals surface area contributed by atoms with E-state index in [-0.39, 0.29) is 0 Å². The molecule has 0 aliphatic carbocycles. The summed E-state index contributed by atoms with van der Waals surface area (Å²) in [5.41, 5.74) is 2.12. The summed E-state index contributed by atoms with van der Waals surface area (Å²) >= 11 is 1.84. The topological polar surface area (TPSA) is 23.5 Å². The first-order chi connectivity index (χ1) is 7.57. The first-order valence-electron chi connectivity index (χ1n) is 5.56. The zero-order valence-corrected chi connectivity index (χ0v) is 11.3. The van der Waals surface area contributed by atoms with E-state index in [4.69, 9.17) is 0 Å². The van der Waals surface area contributed by atoms with Crippen molar-refractivity contribution in [3.05, 3.63) is 29.8 Å². The average molecular weight is 239 g/mol. The molecular formula is C13H21NOS. The summed E-state index contributed by atoms with van der Waals surface area (Å²) in [6, 6.07) is 8.51. The van der Waals surface area contributed by atoms with Crippen LogP contribution in [0.25, 0.3) is 0 Å². The van der Waals surface area contributed by atoms with E-state index < -0.39 is 6.10 Å². The lowest BCUT2D eigenvalue weighted by Crippen LogP contribution is -2.31. The molecule has 0 spiro atoms. The monoisotopic (exact) mass is 239 g/mol. The van der Waals surface area contributed by atoms with E-state index in [2.05, 4.69) is 31.2 Å². The fraction of sp³-hybridized carbons (Fsp3) is 0.538. The zero-order chi connectivity index (χ0) is 12.1. The molecular weight excluding hydrogens is 218 g/mol. The van der Waals surface area contributed by atoms with Crippen LogP contribution in [-0.4, -0.2) is 30.2 Å². The van der Waals surface area contributed by atoms with Gasteiger partial charge in [-0.15, -0.1) is 0 Å². The molecule has 0 heterocycles. The lowest BCUT2D eigenvalue weighted by Gasteiger charge is -2.29. The molecule has 90 valence electrons. The summed E-state index contributed by atoms with van der Waals surface area (Å²) in [5, 5.41) is 9.73. The highest BCUT2D eigenvalue weighted by Crippen LogP contribution is 2.26. The Bertz CT molecular complexity index is 327. The Balaban J connectivity index is 2.93. The molecule has 1 aromatic rings. The van der Waals surface area contributed by atoms with Gasteiger partial charge >= 0.3 is 0 Å². The van der Waals surface area contributed by atoms with Crippen LogP contribution in [-0.2, 0) is 0 Å². The minimum absolute atomic E-state index is 0.417. The Labute approximate surface area is 103 Å². The highest BCUT2D eigenvalue weighted by molar-refractivity contribution is 7.98. The fourth-order valence-electron chi connectivity index (χ4n) is 1.75. The second-order valence-electron chi connectivity index (χ2n) is 4.15. The standard InChI is InChI=1S/C13H21NOS/c1-10(9-16-4)14(3)13-8-6-5-7-12(13)11(2)15/h5-8,10-11,15H,9H2,1-4H3/t10?,11-/m1/s1. The largest absolute Gasteiger partial charge is 0.389 e. The van der Waals surface area contributed by atoms with Crippen molar-refractivity contribution in [2.75, 3.05) is 24.0 Å². The van der Waals surface area contributed by atoms with E-state index in [9.17, 15) is 5.11 Å². The Kier molecular flexibility index (Phi) is 5.16. The summed E-state index contributed by atoms with van der Waals surface area (Å²) in [5.74, 6) is 1.09. The fourth-order valence-corrected chi connectivity index (χ4v) is 2.46. The third-order valence-electron chi connectivity index (χ3n) is 2.84. The van der Waals surface area contributed by atoms with E-state index in [0.717, 1.165) is 17.0 Å². The molecule has 3 heteroatoms. The SMILES string of the molecule is CSCC(C)N(C)c1ccccc1[C@@H](C)O. The van der Waals surface area contributed by atoms with Crippen LogP contribution in [0.1, 0.15) is 25.5 Å². The maximum Gasteiger partial charge on any atom is 0.0781 e. The number of aliphatic hydroxyl groups is 1. The van der Waals surface area contributed by atoms with E-state index in [1.165, 1.54) is 0 Å². The van der Waals surface area contributed by atoms with Crippen LogP contribution in [0.2, 0.25) is 0 Å². The van der Waals surface area contributed by atoms with Crippen LogP contribution < -0.4 is 4.90 Å². The van der Waals surface area contributed by atoms with Crippen LogP contribution in [0.15, 0.2) is 24.3 Å². The summed E-state index contributed by atoms with van der Waals surface area (Å²) in [7, 11) is 2.09. The van der Waals surface area contributed by atoms with E-state index in [1.807, 2.05) is 36.9 Å². The van der Waals surface area contributed by atoms with E-state index >= 15 is 0 Å². The maximum atomic E-state index is 9.73. The third-order valence-corrected chi connectivity index (χ3v) is 3.65. The number of thioether (sulfide) groups is 1. The Morgan fingerprint density at radius 1 is 1.31 bits per heavy atom. The molecule has 0 saturated heterocycles. The van der Waals surface area contributed by atoms with Crippen molar-refractivity contribution in [2.24, 2.45) is 0 Å². The van der Waals surface area contributed by atoms with Gasteiger partial charge in [0.25, 0.3) is 0 Å². The molecule has 2 nitrogen and oxygen atoms in total. The number of benzene rings is 1. The number of nitrogens with zero attached hydrogens (tertiary/aromatic N) is 1. The van der Waals surface area contributed by atoms with Gasteiger partial charge < -0.3 is 10.0 Å². The summed E-state index contributed by atoms with van der Waals surface area (Å²) < 4.78 is 0. The Hall–Kier alpha value is -0.670. The van der Waals surface area contributed by atoms with Gasteiger partial charge in [0.2, 0.25) is 0 Å². The normalized spacial score (nSPS) is 14.6. The van der Waals surface area contributed by atoms with Crippen molar-refractivity contribution in [1.82, 2.24) is 0 Å². The van der Waals surface area contributed by atoms with Crippen LogP contribution in [0.5, 0.6) is 0 Å². The van der Waals surface area contributed by atoms with Crippen LogP contribution in [0.3, 0.4) is 0 Å². The van der Waals surface area contributed by atoms with Gasteiger partial charge in [-0.25, -0.2) is 0 Å². The van der Waals surface area contributed by atoms with Gasteiger partial charge in [0, 0.05) is 30.1 Å². The second-order valence-corrected chi connectivity index (χ2v) is 5.06. The molecule has 0 fully saturated rings. The molecule has 0 aromatic heterocycles. The number of para-hydroxylation sites is 1. The number of anilines is 1. The van der Waals surface area contributed by atoms with Gasteiger partial charge in [-0.3, -0.25) is 0 Å². The van der Waals surface area contributed by atoms with E-state index in [0.29, 0.717) is 6.04 Å². The lowest BCUT2D eigenvalue weighted by molar-refractivity contribution is 0.199. The van der Waals surface area contributed by atoms with Gasteiger partial charge in [0.05, 0.1) is 6.10 Å². The van der Waals surface area contributed by atoms with Gasteiger partial charge in [-0.05, 0) is 26.2 Å². The van der Waals surface area contributed by atoms with Gasteiger partial charge in [-0.2, -0.15) is 11.8 Å². The van der Waals surface area contributed by atoms with Crippen molar-refractivity contribution in [1.29, 1.82) is 0 Å². The molecule has 0 aliphatic heterocycles. The molecule has 1 rings (SSSR count). The zero-order valence-electron chi connectivity index (χ0n) is 10.5. The number of rotatable bonds is 5. The molecule has 0 radical (unpaired) electrons. The molecule has 2 atom stereocenters. The Morgan fingerprint density at radius 3 is 2.50 bits per heavy atom. The van der Waals surface area contributed by atoms with Gasteiger partial charge in [-0.1, -0.05) is 18.2 Å². The molecule has 0 saturated carbocycles. The molecule has 0 bridgehead atoms. The van der Waals surface area contributed by atoms with Gasteiger partial charge in [0.1, 0.15) is 0 Å². The van der Waals surface area contributed by atoms with Crippen molar-refractivity contribution in [3.63, 3.8) is 0 Å². The number of aliphatic hydroxyl groups excluding tert-OH is 1. The summed E-state index contributed by atoms with van der Waals surface area (Å²) in [6.07, 6.45) is 1.70. The number of hydrogen-bond acceptors (Lipinski definition) is 3. The van der Waals surface area contributed by atoms with Gasteiger partial charge in [0.15, 0.2) is 0 Å². The average Bonchev–Trinajstić information content (AvgIpc) is 2.28. The van der Waals surface area contributed by atoms with Crippen molar-refractivity contribution in [2.45, 2.75) is 26.0 Å². The molecule has 0 aliphatic rings. The minimum Gasteiger partial charge on any atom is -0.389 e. The lowest BCUT2D eigenvalue weighted by atomic mass is 10.1. The predicted molar refractivity (Wildman–Crippen MR) is 73.3 cm³/mol. The summed E-state index contributed by atoms with van der Waals surface area (Å²) in [6.45, 7) is 4.02. The molecule has 1 N–H and O–H groups in total. The third kappa shape index (κ3) is 3.16. The second kappa shape index (κ2) is 6.16. The predicted octanol–water partition coefficient (Wildman–Crippen LogP) is 2.93. The van der Waals surface area contributed by atoms with E-state index in [1.54, 1.807) is 0 Å². The first kappa shape index (κ1) is 13.4. The first-order valence-corrected chi connectivity index (χ1v) is 6.96. The highest BCUT2D eigenvalue weighted by atomic mass is 32.2. The maximum absolute atomic E-state index is 9.73. The summed E-state index contributed by atoms with van der Waals surface area (Å²) in [4.78, 5) is 2.23. The quantitative estimate of drug-likeness (QED) is 0.854. The van der Waals surface area contributed by atoms with Crippen molar-refractivity contribution in [3.8, 4) is 0 Å². The molecule has 1 aromatic carbocycles. The van der Waals surface area contributed by atoms with Crippen LogP contribution in [0.4, 0.5) is 5.69 Å². The van der Waals surface area contributed by atoms with Crippen LogP contribution in [0, 0.1) is 0 Å².